The summed E-state index contributed by atoms with van der Waals surface area (Å²) in [7, 11) is 0. The van der Waals surface area contributed by atoms with Crippen LogP contribution in [0.1, 0.15) is 39.0 Å². The van der Waals surface area contributed by atoms with Crippen molar-refractivity contribution in [3.63, 3.8) is 0 Å². The van der Waals surface area contributed by atoms with E-state index in [0.717, 1.165) is 25.9 Å². The van der Waals surface area contributed by atoms with Gasteiger partial charge in [0, 0.05) is 32.8 Å². The van der Waals surface area contributed by atoms with Crippen LogP contribution in [0.5, 0.6) is 0 Å². The maximum Gasteiger partial charge on any atom is 0.244 e. The van der Waals surface area contributed by atoms with Crippen molar-refractivity contribution in [1.82, 2.24) is 10.2 Å². The Bertz CT molecular complexity index is 374. The minimum atomic E-state index is -0.575. The highest BCUT2D eigenvalue weighted by molar-refractivity contribution is 5.90. The van der Waals surface area contributed by atoms with E-state index in [0.29, 0.717) is 32.6 Å². The zero-order valence-corrected chi connectivity index (χ0v) is 12.9. The second-order valence-electron chi connectivity index (χ2n) is 6.18. The van der Waals surface area contributed by atoms with Crippen molar-refractivity contribution in [2.45, 2.75) is 45.1 Å². The van der Waals surface area contributed by atoms with E-state index in [1.807, 2.05) is 4.90 Å². The first kappa shape index (κ1) is 16.2. The van der Waals surface area contributed by atoms with Crippen molar-refractivity contribution in [3.05, 3.63) is 0 Å². The number of rotatable bonds is 4. The van der Waals surface area contributed by atoms with Gasteiger partial charge in [0.1, 0.15) is 6.04 Å². The first-order valence-electron chi connectivity index (χ1n) is 7.97. The SMILES string of the molecule is C[C@H](NC(=O)C1(CN)CCOCC1)C(=O)N1CCCCC1. The van der Waals surface area contributed by atoms with Crippen molar-refractivity contribution in [1.29, 1.82) is 0 Å². The first-order valence-corrected chi connectivity index (χ1v) is 7.97. The van der Waals surface area contributed by atoms with E-state index in [1.54, 1.807) is 6.92 Å². The summed E-state index contributed by atoms with van der Waals surface area (Å²) in [6, 6.07) is -0.484. The van der Waals surface area contributed by atoms with Gasteiger partial charge in [-0.05, 0) is 39.0 Å². The van der Waals surface area contributed by atoms with Gasteiger partial charge in [-0.25, -0.2) is 0 Å². The Hall–Kier alpha value is -1.14. The smallest absolute Gasteiger partial charge is 0.244 e. The Balaban J connectivity index is 1.92. The van der Waals surface area contributed by atoms with Gasteiger partial charge in [0.15, 0.2) is 0 Å². The minimum absolute atomic E-state index is 0.0160. The van der Waals surface area contributed by atoms with E-state index in [1.165, 1.54) is 6.42 Å². The van der Waals surface area contributed by atoms with Crippen molar-refractivity contribution < 1.29 is 14.3 Å². The molecule has 0 aliphatic carbocycles. The van der Waals surface area contributed by atoms with Crippen LogP contribution in [-0.4, -0.2) is 55.6 Å². The van der Waals surface area contributed by atoms with E-state index in [2.05, 4.69) is 5.32 Å². The largest absolute Gasteiger partial charge is 0.381 e. The van der Waals surface area contributed by atoms with Gasteiger partial charge in [0.2, 0.25) is 11.8 Å². The third-order valence-electron chi connectivity index (χ3n) is 4.71. The van der Waals surface area contributed by atoms with Gasteiger partial charge in [-0.1, -0.05) is 0 Å². The van der Waals surface area contributed by atoms with Crippen molar-refractivity contribution in [2.24, 2.45) is 11.1 Å². The Morgan fingerprint density at radius 1 is 1.24 bits per heavy atom. The molecule has 2 saturated heterocycles. The summed E-state index contributed by atoms with van der Waals surface area (Å²) in [5.74, 6) is -0.0894. The molecule has 2 fully saturated rings. The maximum atomic E-state index is 12.5. The molecule has 0 radical (unpaired) electrons. The van der Waals surface area contributed by atoms with Crippen LogP contribution in [0.2, 0.25) is 0 Å². The number of amides is 2. The lowest BCUT2D eigenvalue weighted by Gasteiger charge is -2.36. The number of nitrogens with two attached hydrogens (primary N) is 1. The second kappa shape index (κ2) is 7.22. The molecule has 0 spiro atoms. The van der Waals surface area contributed by atoms with Gasteiger partial charge >= 0.3 is 0 Å². The van der Waals surface area contributed by atoms with Crippen LogP contribution in [0, 0.1) is 5.41 Å². The molecule has 2 aliphatic heterocycles. The Labute approximate surface area is 126 Å². The van der Waals surface area contributed by atoms with Crippen LogP contribution in [0.15, 0.2) is 0 Å². The van der Waals surface area contributed by atoms with Gasteiger partial charge in [-0.15, -0.1) is 0 Å². The van der Waals surface area contributed by atoms with Gasteiger partial charge in [0.05, 0.1) is 5.41 Å². The molecular weight excluding hydrogens is 270 g/mol. The molecule has 6 heteroatoms. The molecule has 0 bridgehead atoms. The molecule has 0 saturated carbocycles. The highest BCUT2D eigenvalue weighted by Gasteiger charge is 2.40. The topological polar surface area (TPSA) is 84.7 Å². The molecule has 21 heavy (non-hydrogen) atoms. The van der Waals surface area contributed by atoms with Gasteiger partial charge in [0.25, 0.3) is 0 Å². The average Bonchev–Trinajstić information content (AvgIpc) is 2.55. The molecular formula is C15H27N3O3. The minimum Gasteiger partial charge on any atom is -0.381 e. The standard InChI is InChI=1S/C15H27N3O3/c1-12(13(19)18-7-3-2-4-8-18)17-14(20)15(11-16)5-9-21-10-6-15/h12H,2-11,16H2,1H3,(H,17,20)/t12-/m0/s1. The summed E-state index contributed by atoms with van der Waals surface area (Å²) in [5.41, 5.74) is 5.25. The highest BCUT2D eigenvalue weighted by Crippen LogP contribution is 2.29. The normalized spacial score (nSPS) is 23.4. The Morgan fingerprint density at radius 2 is 1.86 bits per heavy atom. The lowest BCUT2D eigenvalue weighted by atomic mass is 9.79. The molecule has 0 aromatic carbocycles. The molecule has 3 N–H and O–H groups in total. The number of carbonyl (C=O) groups excluding carboxylic acids is 2. The maximum absolute atomic E-state index is 12.5. The van der Waals surface area contributed by atoms with Gasteiger partial charge in [-0.2, -0.15) is 0 Å². The molecule has 0 aromatic heterocycles. The predicted octanol–water partition coefficient (Wildman–Crippen LogP) is 0.259. The number of likely N-dealkylation sites (tertiary alicyclic amines) is 1. The van der Waals surface area contributed by atoms with Crippen molar-refractivity contribution in [2.75, 3.05) is 32.8 Å². The third-order valence-corrected chi connectivity index (χ3v) is 4.71. The zero-order chi connectivity index (χ0) is 15.3. The number of carbonyl (C=O) groups is 2. The first-order chi connectivity index (χ1) is 10.1. The van der Waals surface area contributed by atoms with E-state index >= 15 is 0 Å². The van der Waals surface area contributed by atoms with Gasteiger partial charge in [-0.3, -0.25) is 9.59 Å². The number of hydrogen-bond donors (Lipinski definition) is 2. The molecule has 2 amide bonds. The van der Waals surface area contributed by atoms with Crippen LogP contribution in [0.3, 0.4) is 0 Å². The Kier molecular flexibility index (Phi) is 5.58. The fourth-order valence-corrected chi connectivity index (χ4v) is 3.09. The summed E-state index contributed by atoms with van der Waals surface area (Å²) >= 11 is 0. The molecule has 2 rings (SSSR count). The Morgan fingerprint density at radius 3 is 2.43 bits per heavy atom. The second-order valence-corrected chi connectivity index (χ2v) is 6.18. The monoisotopic (exact) mass is 297 g/mol. The van der Waals surface area contributed by atoms with E-state index in [-0.39, 0.29) is 11.8 Å². The van der Waals surface area contributed by atoms with Crippen LogP contribution >= 0.6 is 0 Å². The van der Waals surface area contributed by atoms with Crippen molar-refractivity contribution in [3.8, 4) is 0 Å². The zero-order valence-electron chi connectivity index (χ0n) is 12.9. The number of piperidine rings is 1. The molecule has 2 heterocycles. The van der Waals surface area contributed by atoms with Crippen LogP contribution in [-0.2, 0) is 14.3 Å². The van der Waals surface area contributed by atoms with Crippen molar-refractivity contribution >= 4 is 11.8 Å². The van der Waals surface area contributed by atoms with E-state index < -0.39 is 11.5 Å². The highest BCUT2D eigenvalue weighted by atomic mass is 16.5. The number of nitrogens with zero attached hydrogens (tertiary/aromatic N) is 1. The van der Waals surface area contributed by atoms with Crippen LogP contribution in [0.25, 0.3) is 0 Å². The lowest BCUT2D eigenvalue weighted by Crippen LogP contribution is -2.55. The number of ether oxygens (including phenoxy) is 1. The molecule has 1 atom stereocenters. The molecule has 2 aliphatic rings. The summed E-state index contributed by atoms with van der Waals surface area (Å²) in [6.45, 7) is 4.77. The van der Waals surface area contributed by atoms with Crippen LogP contribution < -0.4 is 11.1 Å². The summed E-state index contributed by atoms with van der Waals surface area (Å²) in [4.78, 5) is 26.8. The predicted molar refractivity (Wildman–Crippen MR) is 79.6 cm³/mol. The van der Waals surface area contributed by atoms with E-state index in [4.69, 9.17) is 10.5 Å². The number of nitrogens with one attached hydrogen (secondary N) is 1. The fraction of sp³-hybridized carbons (Fsp3) is 0.867. The molecule has 0 aromatic rings. The van der Waals surface area contributed by atoms with E-state index in [9.17, 15) is 9.59 Å². The summed E-state index contributed by atoms with van der Waals surface area (Å²) in [6.07, 6.45) is 4.54. The summed E-state index contributed by atoms with van der Waals surface area (Å²) < 4.78 is 5.31. The van der Waals surface area contributed by atoms with Crippen LogP contribution in [0.4, 0.5) is 0 Å². The molecule has 0 unspecified atom stereocenters. The quantitative estimate of drug-likeness (QED) is 0.779. The fourth-order valence-electron chi connectivity index (χ4n) is 3.09. The molecule has 6 nitrogen and oxygen atoms in total. The third kappa shape index (κ3) is 3.74. The van der Waals surface area contributed by atoms with Gasteiger partial charge < -0.3 is 20.7 Å². The molecule has 120 valence electrons. The summed E-state index contributed by atoms with van der Waals surface area (Å²) in [5, 5.41) is 2.87. The number of hydrogen-bond acceptors (Lipinski definition) is 4. The lowest BCUT2D eigenvalue weighted by molar-refractivity contribution is -0.142. The average molecular weight is 297 g/mol.